The van der Waals surface area contributed by atoms with Gasteiger partial charge in [-0.25, -0.2) is 15.0 Å². The maximum atomic E-state index is 8.60. The van der Waals surface area contributed by atoms with E-state index in [-0.39, 0.29) is 0 Å². The number of hydrogen-bond acceptors (Lipinski definition) is 5. The lowest BCUT2D eigenvalue weighted by Crippen LogP contribution is -2.08. The van der Waals surface area contributed by atoms with Crippen LogP contribution in [0.4, 0.5) is 5.95 Å². The zero-order valence-corrected chi connectivity index (χ0v) is 10.2. The summed E-state index contributed by atoms with van der Waals surface area (Å²) < 4.78 is 1.92. The molecule has 18 heavy (non-hydrogen) atoms. The van der Waals surface area contributed by atoms with Gasteiger partial charge in [0.2, 0.25) is 5.95 Å². The van der Waals surface area contributed by atoms with E-state index in [2.05, 4.69) is 26.3 Å². The van der Waals surface area contributed by atoms with Gasteiger partial charge in [-0.15, -0.1) is 0 Å². The number of aromatic nitrogens is 4. The number of anilines is 1. The molecule has 0 aliphatic carbocycles. The average molecular weight is 242 g/mol. The van der Waals surface area contributed by atoms with E-state index in [1.54, 1.807) is 18.6 Å². The second-order valence-electron chi connectivity index (χ2n) is 3.91. The normalized spacial score (nSPS) is 10.0. The van der Waals surface area contributed by atoms with Crippen LogP contribution in [-0.4, -0.2) is 26.1 Å². The molecule has 0 fully saturated rings. The Bertz CT molecular complexity index is 554. The third-order valence-electron chi connectivity index (χ3n) is 2.40. The van der Waals surface area contributed by atoms with Gasteiger partial charge in [-0.1, -0.05) is 0 Å². The first-order chi connectivity index (χ1) is 8.78. The molecule has 2 aromatic heterocycles. The van der Waals surface area contributed by atoms with Crippen molar-refractivity contribution in [1.29, 1.82) is 5.26 Å². The number of rotatable bonds is 5. The molecular weight excluding hydrogens is 228 g/mol. The van der Waals surface area contributed by atoms with Gasteiger partial charge >= 0.3 is 0 Å². The van der Waals surface area contributed by atoms with Crippen molar-refractivity contribution in [2.75, 3.05) is 11.9 Å². The highest BCUT2D eigenvalue weighted by atomic mass is 15.1. The van der Waals surface area contributed by atoms with Gasteiger partial charge in [0.25, 0.3) is 0 Å². The molecule has 0 unspecified atom stereocenters. The Hall–Kier alpha value is -2.42. The van der Waals surface area contributed by atoms with Crippen LogP contribution in [0.15, 0.2) is 24.8 Å². The summed E-state index contributed by atoms with van der Waals surface area (Å²) in [6.45, 7) is 0.715. The molecule has 1 N–H and O–H groups in total. The molecule has 0 spiro atoms. The van der Waals surface area contributed by atoms with Gasteiger partial charge in [-0.2, -0.15) is 5.26 Å². The Morgan fingerprint density at radius 1 is 1.39 bits per heavy atom. The number of nitrogens with one attached hydrogen (secondary N) is 1. The fraction of sp³-hybridized carbons (Fsp3) is 0.333. The smallest absolute Gasteiger partial charge is 0.222 e. The minimum atomic E-state index is 0.303. The summed E-state index contributed by atoms with van der Waals surface area (Å²) in [7, 11) is 1.94. The molecule has 92 valence electrons. The number of hydrogen-bond donors (Lipinski definition) is 1. The molecule has 0 aromatic carbocycles. The molecule has 0 atom stereocenters. The first kappa shape index (κ1) is 12.0. The lowest BCUT2D eigenvalue weighted by atomic mass is 10.3. The lowest BCUT2D eigenvalue weighted by Gasteiger charge is -2.03. The summed E-state index contributed by atoms with van der Waals surface area (Å²) in [5, 5.41) is 11.7. The van der Waals surface area contributed by atoms with Gasteiger partial charge < -0.3 is 9.88 Å². The number of aryl methyl sites for hydroxylation is 1. The SMILES string of the molecule is Cn1cnc(CCNc2nccc(CC#N)n2)c1. The van der Waals surface area contributed by atoms with E-state index >= 15 is 0 Å². The van der Waals surface area contributed by atoms with Crippen LogP contribution >= 0.6 is 0 Å². The molecular formula is C12H14N6. The Balaban J connectivity index is 1.86. The zero-order chi connectivity index (χ0) is 12.8. The number of nitrogens with zero attached hydrogens (tertiary/aromatic N) is 5. The molecule has 6 heteroatoms. The van der Waals surface area contributed by atoms with Crippen molar-refractivity contribution in [1.82, 2.24) is 19.5 Å². The molecule has 2 rings (SSSR count). The van der Waals surface area contributed by atoms with Crippen molar-refractivity contribution >= 4 is 5.95 Å². The fourth-order valence-corrected chi connectivity index (χ4v) is 1.56. The van der Waals surface area contributed by atoms with E-state index in [4.69, 9.17) is 5.26 Å². The standard InChI is InChI=1S/C12H14N6/c1-18-8-11(16-9-18)4-7-15-12-14-6-3-10(17-12)2-5-13/h3,6,8-9H,2,4,7H2,1H3,(H,14,15,17). The second-order valence-corrected chi connectivity index (χ2v) is 3.91. The fourth-order valence-electron chi connectivity index (χ4n) is 1.56. The zero-order valence-electron chi connectivity index (χ0n) is 10.2. The maximum Gasteiger partial charge on any atom is 0.222 e. The van der Waals surface area contributed by atoms with E-state index < -0.39 is 0 Å². The highest BCUT2D eigenvalue weighted by Crippen LogP contribution is 2.02. The average Bonchev–Trinajstić information content (AvgIpc) is 2.76. The predicted molar refractivity (Wildman–Crippen MR) is 66.8 cm³/mol. The number of nitriles is 1. The Kier molecular flexibility index (Phi) is 3.86. The largest absolute Gasteiger partial charge is 0.354 e. The van der Waals surface area contributed by atoms with E-state index in [1.807, 2.05) is 17.8 Å². The molecule has 6 nitrogen and oxygen atoms in total. The minimum absolute atomic E-state index is 0.303. The van der Waals surface area contributed by atoms with E-state index in [1.165, 1.54) is 0 Å². The Morgan fingerprint density at radius 2 is 2.28 bits per heavy atom. The molecule has 2 aromatic rings. The molecule has 0 saturated carbocycles. The van der Waals surface area contributed by atoms with Crippen molar-refractivity contribution in [2.24, 2.45) is 7.05 Å². The molecule has 0 aliphatic rings. The van der Waals surface area contributed by atoms with Crippen LogP contribution in [0, 0.1) is 11.3 Å². The molecule has 0 amide bonds. The van der Waals surface area contributed by atoms with Gasteiger partial charge in [-0.3, -0.25) is 0 Å². The van der Waals surface area contributed by atoms with Gasteiger partial charge in [-0.05, 0) is 6.07 Å². The van der Waals surface area contributed by atoms with Crippen molar-refractivity contribution in [2.45, 2.75) is 12.8 Å². The minimum Gasteiger partial charge on any atom is -0.354 e. The van der Waals surface area contributed by atoms with Crippen LogP contribution in [0.5, 0.6) is 0 Å². The molecule has 2 heterocycles. The van der Waals surface area contributed by atoms with E-state index in [9.17, 15) is 0 Å². The molecule has 0 aliphatic heterocycles. The number of imidazole rings is 1. The van der Waals surface area contributed by atoms with Crippen LogP contribution in [0.1, 0.15) is 11.4 Å². The lowest BCUT2D eigenvalue weighted by molar-refractivity contribution is 0.909. The van der Waals surface area contributed by atoms with Crippen LogP contribution in [-0.2, 0) is 19.9 Å². The van der Waals surface area contributed by atoms with Crippen LogP contribution in [0.25, 0.3) is 0 Å². The summed E-state index contributed by atoms with van der Waals surface area (Å²) in [5.74, 6) is 0.554. The van der Waals surface area contributed by atoms with Gasteiger partial charge in [0, 0.05) is 32.4 Å². The Morgan fingerprint density at radius 3 is 3.00 bits per heavy atom. The van der Waals surface area contributed by atoms with Crippen molar-refractivity contribution in [3.05, 3.63) is 36.2 Å². The van der Waals surface area contributed by atoms with Crippen molar-refractivity contribution < 1.29 is 0 Å². The van der Waals surface area contributed by atoms with E-state index in [0.29, 0.717) is 18.9 Å². The predicted octanol–water partition coefficient (Wildman–Crippen LogP) is 0.931. The van der Waals surface area contributed by atoms with Crippen LogP contribution in [0.2, 0.25) is 0 Å². The van der Waals surface area contributed by atoms with Crippen LogP contribution < -0.4 is 5.32 Å². The molecule has 0 radical (unpaired) electrons. The third kappa shape index (κ3) is 3.28. The maximum absolute atomic E-state index is 8.60. The van der Waals surface area contributed by atoms with Crippen molar-refractivity contribution in [3.63, 3.8) is 0 Å². The van der Waals surface area contributed by atoms with Gasteiger partial charge in [0.05, 0.1) is 30.2 Å². The summed E-state index contributed by atoms with van der Waals surface area (Å²) in [4.78, 5) is 12.6. The monoisotopic (exact) mass is 242 g/mol. The Labute approximate surface area is 105 Å². The summed E-state index contributed by atoms with van der Waals surface area (Å²) >= 11 is 0. The van der Waals surface area contributed by atoms with Gasteiger partial charge in [0.1, 0.15) is 0 Å². The van der Waals surface area contributed by atoms with Crippen molar-refractivity contribution in [3.8, 4) is 6.07 Å². The van der Waals surface area contributed by atoms with E-state index in [0.717, 1.165) is 17.8 Å². The molecule has 0 saturated heterocycles. The quantitative estimate of drug-likeness (QED) is 0.843. The highest BCUT2D eigenvalue weighted by molar-refractivity contribution is 5.26. The summed E-state index contributed by atoms with van der Waals surface area (Å²) in [6.07, 6.45) is 6.53. The first-order valence-electron chi connectivity index (χ1n) is 5.67. The van der Waals surface area contributed by atoms with Crippen LogP contribution in [0.3, 0.4) is 0 Å². The van der Waals surface area contributed by atoms with Gasteiger partial charge in [0.15, 0.2) is 0 Å². The molecule has 0 bridgehead atoms. The summed E-state index contributed by atoms with van der Waals surface area (Å²) in [6, 6.07) is 3.81. The first-order valence-corrected chi connectivity index (χ1v) is 5.67. The summed E-state index contributed by atoms with van der Waals surface area (Å²) in [5.41, 5.74) is 1.76. The third-order valence-corrected chi connectivity index (χ3v) is 2.40. The highest BCUT2D eigenvalue weighted by Gasteiger charge is 2.00. The second kappa shape index (κ2) is 5.77. The topological polar surface area (TPSA) is 79.4 Å².